The Bertz CT molecular complexity index is 849. The third kappa shape index (κ3) is 10.4. The Labute approximate surface area is 214 Å². The number of aryl methyl sites for hydroxylation is 1. The average Bonchev–Trinajstić information content (AvgIpc) is 2.84. The fraction of sp³-hybridized carbons (Fsp3) is 0.581. The second-order valence-electron chi connectivity index (χ2n) is 10.3. The van der Waals surface area contributed by atoms with Crippen LogP contribution >= 0.6 is 0 Å². The number of likely N-dealkylation sites (N-methyl/N-ethyl adjacent to an activating group) is 1. The van der Waals surface area contributed by atoms with Crippen molar-refractivity contribution in [1.29, 1.82) is 0 Å². The van der Waals surface area contributed by atoms with Crippen LogP contribution in [0.1, 0.15) is 89.7 Å². The fourth-order valence-corrected chi connectivity index (χ4v) is 4.62. The van der Waals surface area contributed by atoms with Gasteiger partial charge in [-0.05, 0) is 37.0 Å². The highest BCUT2D eigenvalue weighted by Gasteiger charge is 2.37. The zero-order valence-electron chi connectivity index (χ0n) is 22.8. The molecular formula is C31H48NO3+. The summed E-state index contributed by atoms with van der Waals surface area (Å²) in [5, 5.41) is 0. The largest absolute Gasteiger partial charge is 0.455 e. The summed E-state index contributed by atoms with van der Waals surface area (Å²) in [5.41, 5.74) is 2.50. The van der Waals surface area contributed by atoms with Gasteiger partial charge in [-0.15, -0.1) is 0 Å². The van der Waals surface area contributed by atoms with Crippen molar-refractivity contribution in [2.75, 3.05) is 14.1 Å². The van der Waals surface area contributed by atoms with Crippen molar-refractivity contribution < 1.29 is 18.8 Å². The van der Waals surface area contributed by atoms with Gasteiger partial charge in [0.2, 0.25) is 6.29 Å². The number of carbonyl (C=O) groups is 1. The molecule has 0 aliphatic carbocycles. The molecule has 0 aliphatic heterocycles. The van der Waals surface area contributed by atoms with Gasteiger partial charge in [0.1, 0.15) is 12.3 Å². The van der Waals surface area contributed by atoms with Crippen molar-refractivity contribution in [3.8, 4) is 5.75 Å². The molecule has 0 aromatic heterocycles. The van der Waals surface area contributed by atoms with Gasteiger partial charge in [0.05, 0.1) is 14.1 Å². The molecule has 4 nitrogen and oxygen atoms in total. The third-order valence-electron chi connectivity index (χ3n) is 6.68. The lowest BCUT2D eigenvalue weighted by molar-refractivity contribution is -0.920. The van der Waals surface area contributed by atoms with Crippen LogP contribution in [0.3, 0.4) is 0 Å². The maximum atomic E-state index is 13.3. The molecule has 0 N–H and O–H groups in total. The molecule has 4 heteroatoms. The summed E-state index contributed by atoms with van der Waals surface area (Å²) >= 11 is 0. The molecule has 2 unspecified atom stereocenters. The van der Waals surface area contributed by atoms with Gasteiger partial charge < -0.3 is 14.0 Å². The molecule has 2 rings (SSSR count). The number of ether oxygens (including phenoxy) is 2. The highest BCUT2D eigenvalue weighted by molar-refractivity contribution is 5.74. The predicted molar refractivity (Wildman–Crippen MR) is 145 cm³/mol. The molecule has 0 spiro atoms. The molecule has 0 bridgehead atoms. The van der Waals surface area contributed by atoms with E-state index in [0.717, 1.165) is 31.6 Å². The van der Waals surface area contributed by atoms with Gasteiger partial charge in [0, 0.05) is 18.4 Å². The Kier molecular flexibility index (Phi) is 12.9. The Hall–Kier alpha value is -2.33. The van der Waals surface area contributed by atoms with Crippen LogP contribution in [0.4, 0.5) is 0 Å². The maximum Gasteiger partial charge on any atom is 0.368 e. The van der Waals surface area contributed by atoms with Crippen molar-refractivity contribution in [2.45, 2.75) is 104 Å². The third-order valence-corrected chi connectivity index (χ3v) is 6.68. The Morgan fingerprint density at radius 1 is 0.829 bits per heavy atom. The number of hydrogen-bond donors (Lipinski definition) is 0. The van der Waals surface area contributed by atoms with Gasteiger partial charge in [0.15, 0.2) is 6.04 Å². The molecule has 0 saturated heterocycles. The van der Waals surface area contributed by atoms with Crippen LogP contribution in [0.15, 0.2) is 54.6 Å². The number of nitrogens with zero attached hydrogens (tertiary/aromatic N) is 1. The first-order valence-corrected chi connectivity index (χ1v) is 13.7. The summed E-state index contributed by atoms with van der Waals surface area (Å²) in [6, 6.07) is 18.4. The Morgan fingerprint density at radius 3 is 2.20 bits per heavy atom. The fourth-order valence-electron chi connectivity index (χ4n) is 4.62. The van der Waals surface area contributed by atoms with Crippen molar-refractivity contribution >= 4 is 5.97 Å². The van der Waals surface area contributed by atoms with E-state index in [1.165, 1.54) is 49.7 Å². The molecule has 2 aromatic rings. The van der Waals surface area contributed by atoms with E-state index < -0.39 is 6.29 Å². The van der Waals surface area contributed by atoms with E-state index in [1.54, 1.807) is 0 Å². The molecule has 0 heterocycles. The van der Waals surface area contributed by atoms with E-state index >= 15 is 0 Å². The normalized spacial score (nSPS) is 13.3. The van der Waals surface area contributed by atoms with Crippen LogP contribution in [-0.2, 0) is 22.5 Å². The lowest BCUT2D eigenvalue weighted by Gasteiger charge is -2.37. The molecule has 2 aromatic carbocycles. The summed E-state index contributed by atoms with van der Waals surface area (Å²) in [7, 11) is 4.23. The lowest BCUT2D eigenvalue weighted by Crippen LogP contribution is -2.53. The number of rotatable bonds is 17. The van der Waals surface area contributed by atoms with Crippen LogP contribution in [0, 0.1) is 0 Å². The zero-order valence-corrected chi connectivity index (χ0v) is 22.8. The highest BCUT2D eigenvalue weighted by atomic mass is 16.7. The van der Waals surface area contributed by atoms with E-state index in [0.29, 0.717) is 10.9 Å². The van der Waals surface area contributed by atoms with Gasteiger partial charge in [-0.25, -0.2) is 4.79 Å². The zero-order chi connectivity index (χ0) is 25.5. The summed E-state index contributed by atoms with van der Waals surface area (Å²) in [6.07, 6.45) is 10.5. The van der Waals surface area contributed by atoms with Crippen LogP contribution in [0.2, 0.25) is 0 Å². The predicted octanol–water partition coefficient (Wildman–Crippen LogP) is 7.69. The van der Waals surface area contributed by atoms with E-state index in [-0.39, 0.29) is 12.0 Å². The summed E-state index contributed by atoms with van der Waals surface area (Å²) in [5.74, 6) is 0.598. The highest BCUT2D eigenvalue weighted by Crippen LogP contribution is 2.22. The van der Waals surface area contributed by atoms with Crippen LogP contribution in [0.25, 0.3) is 0 Å². The Balaban J connectivity index is 1.96. The van der Waals surface area contributed by atoms with Crippen LogP contribution < -0.4 is 4.74 Å². The molecule has 194 valence electrons. The topological polar surface area (TPSA) is 35.5 Å². The smallest absolute Gasteiger partial charge is 0.368 e. The monoisotopic (exact) mass is 482 g/mol. The van der Waals surface area contributed by atoms with Gasteiger partial charge >= 0.3 is 5.97 Å². The van der Waals surface area contributed by atoms with Gasteiger partial charge in [-0.1, -0.05) is 95.3 Å². The number of hydrogen-bond acceptors (Lipinski definition) is 3. The molecule has 2 atom stereocenters. The molecule has 0 aliphatic rings. The number of benzene rings is 2. The van der Waals surface area contributed by atoms with Crippen molar-refractivity contribution in [2.24, 2.45) is 0 Å². The minimum atomic E-state index is -0.581. The molecule has 0 amide bonds. The number of unbranched alkanes of at least 4 members (excludes halogenated alkanes) is 5. The molecule has 35 heavy (non-hydrogen) atoms. The van der Waals surface area contributed by atoms with E-state index in [2.05, 4.69) is 52.2 Å². The molecule has 0 saturated carbocycles. The number of esters is 1. The number of carbonyl (C=O) groups excluding carboxylic acids is 1. The number of quaternary nitrogens is 1. The Morgan fingerprint density at radius 2 is 1.51 bits per heavy atom. The second kappa shape index (κ2) is 15.6. The molecule has 0 fully saturated rings. The summed E-state index contributed by atoms with van der Waals surface area (Å²) in [6.45, 7) is 7.14. The first kappa shape index (κ1) is 28.9. The van der Waals surface area contributed by atoms with E-state index in [9.17, 15) is 4.79 Å². The SMILES string of the molecule is CCCCCCCCc1cccc(OC(CC)OC(=O)C(CCC)[N+](C)(C)Cc2ccccc2)c1. The van der Waals surface area contributed by atoms with Crippen molar-refractivity contribution in [3.05, 3.63) is 65.7 Å². The second-order valence-corrected chi connectivity index (χ2v) is 10.3. The van der Waals surface area contributed by atoms with Gasteiger partial charge in [0.25, 0.3) is 0 Å². The first-order valence-electron chi connectivity index (χ1n) is 13.7. The first-order chi connectivity index (χ1) is 16.9. The maximum absolute atomic E-state index is 13.3. The summed E-state index contributed by atoms with van der Waals surface area (Å²) < 4.78 is 12.6. The van der Waals surface area contributed by atoms with E-state index in [4.69, 9.17) is 9.47 Å². The van der Waals surface area contributed by atoms with Crippen molar-refractivity contribution in [1.82, 2.24) is 0 Å². The van der Waals surface area contributed by atoms with Crippen LogP contribution in [-0.4, -0.2) is 36.9 Å². The van der Waals surface area contributed by atoms with Crippen LogP contribution in [0.5, 0.6) is 5.75 Å². The molecular weight excluding hydrogens is 434 g/mol. The van der Waals surface area contributed by atoms with Gasteiger partial charge in [-0.3, -0.25) is 0 Å². The minimum absolute atomic E-state index is 0.178. The van der Waals surface area contributed by atoms with Gasteiger partial charge in [-0.2, -0.15) is 0 Å². The quantitative estimate of drug-likeness (QED) is 0.100. The minimum Gasteiger partial charge on any atom is -0.455 e. The van der Waals surface area contributed by atoms with E-state index in [1.807, 2.05) is 37.3 Å². The van der Waals surface area contributed by atoms with Crippen molar-refractivity contribution in [3.63, 3.8) is 0 Å². The average molecular weight is 483 g/mol. The molecule has 0 radical (unpaired) electrons. The summed E-state index contributed by atoms with van der Waals surface area (Å²) in [4.78, 5) is 13.3. The lowest BCUT2D eigenvalue weighted by atomic mass is 10.0. The standard InChI is InChI=1S/C31H48NO3/c1-6-9-10-11-12-14-19-26-22-17-23-28(24-26)34-30(8-3)35-31(33)29(18-7-2)32(4,5)25-27-20-15-13-16-21-27/h13,15-17,20-24,29-30H,6-12,14,18-19,25H2,1-5H3/q+1.